The zero-order valence-corrected chi connectivity index (χ0v) is 19.6. The number of phenols is 1. The molecule has 0 spiro atoms. The number of hydrogen-bond donors (Lipinski definition) is 1. The number of fused-ring (bicyclic) bond motifs is 3. The Hall–Kier alpha value is -3.49. The van der Waals surface area contributed by atoms with Crippen molar-refractivity contribution in [2.75, 3.05) is 11.2 Å². The van der Waals surface area contributed by atoms with Crippen LogP contribution in [0.3, 0.4) is 0 Å². The SMILES string of the molecule is Cc1cc(C)c(O)c(CN(CP2(=O)Oc3ccccc3-c3ccccc32)c2ccccc2)c1. The molecule has 4 aromatic carbocycles. The van der Waals surface area contributed by atoms with E-state index in [4.69, 9.17) is 4.52 Å². The number of nitrogens with zero attached hydrogens (tertiary/aromatic N) is 1. The summed E-state index contributed by atoms with van der Waals surface area (Å²) in [6.45, 7) is 4.33. The van der Waals surface area contributed by atoms with Gasteiger partial charge < -0.3 is 14.5 Å². The molecule has 0 radical (unpaired) electrons. The van der Waals surface area contributed by atoms with Gasteiger partial charge >= 0.3 is 0 Å². The van der Waals surface area contributed by atoms with Gasteiger partial charge in [0.05, 0.1) is 5.30 Å². The quantitative estimate of drug-likeness (QED) is 0.343. The molecule has 0 aromatic heterocycles. The molecular weight excluding hydrogens is 429 g/mol. The highest BCUT2D eigenvalue weighted by Gasteiger charge is 2.37. The summed E-state index contributed by atoms with van der Waals surface area (Å²) in [6, 6.07) is 29.4. The Morgan fingerprint density at radius 2 is 1.52 bits per heavy atom. The van der Waals surface area contributed by atoms with Crippen molar-refractivity contribution < 1.29 is 14.2 Å². The first-order valence-corrected chi connectivity index (χ1v) is 12.8. The molecule has 0 aliphatic carbocycles. The maximum atomic E-state index is 14.5. The van der Waals surface area contributed by atoms with Gasteiger partial charge in [0.25, 0.3) is 7.37 Å². The Balaban J connectivity index is 1.59. The van der Waals surface area contributed by atoms with Gasteiger partial charge in [-0.05, 0) is 49.2 Å². The van der Waals surface area contributed by atoms with Crippen molar-refractivity contribution in [1.82, 2.24) is 0 Å². The first-order chi connectivity index (χ1) is 15.9. The summed E-state index contributed by atoms with van der Waals surface area (Å²) in [5.41, 5.74) is 5.54. The summed E-state index contributed by atoms with van der Waals surface area (Å²) in [6.07, 6.45) is 0.189. The van der Waals surface area contributed by atoms with E-state index in [2.05, 4.69) is 0 Å². The van der Waals surface area contributed by atoms with Gasteiger partial charge in [0.2, 0.25) is 0 Å². The van der Waals surface area contributed by atoms with Gasteiger partial charge in [-0.15, -0.1) is 0 Å². The van der Waals surface area contributed by atoms with E-state index in [1.165, 1.54) is 0 Å². The molecule has 0 fully saturated rings. The molecule has 1 heterocycles. The van der Waals surface area contributed by atoms with Crippen molar-refractivity contribution >= 4 is 18.4 Å². The number of hydrogen-bond acceptors (Lipinski definition) is 4. The fraction of sp³-hybridized carbons (Fsp3) is 0.143. The molecule has 5 heteroatoms. The summed E-state index contributed by atoms with van der Waals surface area (Å²) in [7, 11) is -3.29. The standard InChI is InChI=1S/C28H26NO3P/c1-20-16-21(2)28(30)22(17-20)18-29(23-10-4-3-5-11-23)19-33(31)27-15-9-7-13-25(27)24-12-6-8-14-26(24)32-33/h3-17,30H,18-19H2,1-2H3. The predicted molar refractivity (Wildman–Crippen MR) is 135 cm³/mol. The first kappa shape index (κ1) is 21.4. The summed E-state index contributed by atoms with van der Waals surface area (Å²) in [5.74, 6) is 0.914. The van der Waals surface area contributed by atoms with Crippen LogP contribution in [0.15, 0.2) is 91.0 Å². The van der Waals surface area contributed by atoms with Crippen molar-refractivity contribution in [3.8, 4) is 22.6 Å². The Labute approximate surface area is 194 Å². The molecule has 4 aromatic rings. The minimum absolute atomic E-state index is 0.189. The Bertz CT molecular complexity index is 1370. The lowest BCUT2D eigenvalue weighted by Gasteiger charge is -2.34. The first-order valence-electron chi connectivity index (χ1n) is 11.0. The lowest BCUT2D eigenvalue weighted by molar-refractivity contribution is 0.462. The zero-order valence-electron chi connectivity index (χ0n) is 18.7. The van der Waals surface area contributed by atoms with Crippen LogP contribution >= 0.6 is 7.37 Å². The van der Waals surface area contributed by atoms with Crippen LogP contribution in [0.5, 0.6) is 11.5 Å². The highest BCUT2D eigenvalue weighted by molar-refractivity contribution is 7.67. The third-order valence-electron chi connectivity index (χ3n) is 6.06. The largest absolute Gasteiger partial charge is 0.507 e. The molecule has 33 heavy (non-hydrogen) atoms. The fourth-order valence-corrected chi connectivity index (χ4v) is 6.91. The topological polar surface area (TPSA) is 49.8 Å². The lowest BCUT2D eigenvalue weighted by atomic mass is 10.0. The Morgan fingerprint density at radius 1 is 0.848 bits per heavy atom. The molecule has 1 atom stereocenters. The molecular formula is C28H26NO3P. The predicted octanol–water partition coefficient (Wildman–Crippen LogP) is 6.64. The van der Waals surface area contributed by atoms with Crippen molar-refractivity contribution in [3.05, 3.63) is 108 Å². The van der Waals surface area contributed by atoms with E-state index in [1.54, 1.807) is 0 Å². The molecule has 166 valence electrons. The zero-order chi connectivity index (χ0) is 23.0. The second-order valence-electron chi connectivity index (χ2n) is 8.54. The number of phenolic OH excluding ortho intramolecular Hbond substituents is 1. The van der Waals surface area contributed by atoms with Gasteiger partial charge in [-0.2, -0.15) is 0 Å². The number of para-hydroxylation sites is 2. The van der Waals surface area contributed by atoms with Crippen LogP contribution in [0, 0.1) is 13.8 Å². The highest BCUT2D eigenvalue weighted by atomic mass is 31.2. The molecule has 5 rings (SSSR count). The number of anilines is 1. The van der Waals surface area contributed by atoms with E-state index < -0.39 is 7.37 Å². The lowest BCUT2D eigenvalue weighted by Crippen LogP contribution is -2.30. The van der Waals surface area contributed by atoms with Gasteiger partial charge in [0, 0.05) is 23.4 Å². The average Bonchev–Trinajstić information content (AvgIpc) is 2.82. The van der Waals surface area contributed by atoms with E-state index in [1.807, 2.05) is 110 Å². The molecule has 0 bridgehead atoms. The number of benzene rings is 4. The summed E-state index contributed by atoms with van der Waals surface area (Å²) < 4.78 is 20.7. The summed E-state index contributed by atoms with van der Waals surface area (Å²) in [4.78, 5) is 2.04. The van der Waals surface area contributed by atoms with Crippen LogP contribution in [0.2, 0.25) is 0 Å². The Morgan fingerprint density at radius 3 is 2.30 bits per heavy atom. The molecule has 1 unspecified atom stereocenters. The monoisotopic (exact) mass is 455 g/mol. The van der Waals surface area contributed by atoms with Crippen LogP contribution < -0.4 is 14.7 Å². The highest BCUT2D eigenvalue weighted by Crippen LogP contribution is 2.55. The number of aryl methyl sites for hydroxylation is 2. The molecule has 0 amide bonds. The fourth-order valence-electron chi connectivity index (χ4n) is 4.54. The van der Waals surface area contributed by atoms with Crippen LogP contribution in [0.1, 0.15) is 16.7 Å². The molecule has 1 N–H and O–H groups in total. The third kappa shape index (κ3) is 4.03. The van der Waals surface area contributed by atoms with E-state index >= 15 is 0 Å². The summed E-state index contributed by atoms with van der Waals surface area (Å²) >= 11 is 0. The second kappa shape index (κ2) is 8.46. The van der Waals surface area contributed by atoms with E-state index in [0.29, 0.717) is 12.3 Å². The smallest absolute Gasteiger partial charge is 0.296 e. The average molecular weight is 455 g/mol. The molecule has 4 nitrogen and oxygen atoms in total. The van der Waals surface area contributed by atoms with Crippen LogP contribution in [-0.4, -0.2) is 11.4 Å². The van der Waals surface area contributed by atoms with Crippen LogP contribution in [0.25, 0.3) is 11.1 Å². The van der Waals surface area contributed by atoms with Gasteiger partial charge in [-0.3, -0.25) is 4.57 Å². The summed E-state index contributed by atoms with van der Waals surface area (Å²) in [5, 5.41) is 11.5. The van der Waals surface area contributed by atoms with E-state index in [-0.39, 0.29) is 12.0 Å². The maximum absolute atomic E-state index is 14.5. The normalized spacial score (nSPS) is 16.4. The van der Waals surface area contributed by atoms with Crippen molar-refractivity contribution in [3.63, 3.8) is 0 Å². The number of aromatic hydroxyl groups is 1. The van der Waals surface area contributed by atoms with Crippen molar-refractivity contribution in [2.45, 2.75) is 20.4 Å². The van der Waals surface area contributed by atoms with Gasteiger partial charge in [-0.25, -0.2) is 0 Å². The van der Waals surface area contributed by atoms with E-state index in [0.717, 1.165) is 38.8 Å². The third-order valence-corrected chi connectivity index (χ3v) is 8.39. The van der Waals surface area contributed by atoms with Crippen LogP contribution in [-0.2, 0) is 11.1 Å². The minimum atomic E-state index is -3.29. The number of rotatable bonds is 5. The second-order valence-corrected chi connectivity index (χ2v) is 10.8. The molecule has 1 aliphatic rings. The van der Waals surface area contributed by atoms with E-state index in [9.17, 15) is 9.67 Å². The van der Waals surface area contributed by atoms with Gasteiger partial charge in [0.15, 0.2) is 0 Å². The maximum Gasteiger partial charge on any atom is 0.296 e. The molecule has 0 saturated carbocycles. The Kier molecular flexibility index (Phi) is 5.47. The molecule has 1 aliphatic heterocycles. The minimum Gasteiger partial charge on any atom is -0.507 e. The molecule has 0 saturated heterocycles. The van der Waals surface area contributed by atoms with Gasteiger partial charge in [0.1, 0.15) is 17.8 Å². The van der Waals surface area contributed by atoms with Gasteiger partial charge in [-0.1, -0.05) is 72.3 Å². The van der Waals surface area contributed by atoms with Crippen molar-refractivity contribution in [1.29, 1.82) is 0 Å². The van der Waals surface area contributed by atoms with Crippen LogP contribution in [0.4, 0.5) is 5.69 Å². The van der Waals surface area contributed by atoms with Crippen molar-refractivity contribution in [2.24, 2.45) is 0 Å².